The highest BCUT2D eigenvalue weighted by Gasteiger charge is 2.40. The van der Waals surface area contributed by atoms with Crippen LogP contribution in [0.25, 0.3) is 0 Å². The average molecular weight is 346 g/mol. The number of anilines is 1. The van der Waals surface area contributed by atoms with Crippen molar-refractivity contribution in [2.24, 2.45) is 0 Å². The Hall–Kier alpha value is -1.21. The second-order valence-corrected chi connectivity index (χ2v) is 7.54. The summed E-state index contributed by atoms with van der Waals surface area (Å²) in [7, 11) is 2.19. The summed E-state index contributed by atoms with van der Waals surface area (Å²) >= 11 is 0. The zero-order valence-corrected chi connectivity index (χ0v) is 15.2. The molecule has 0 amide bonds. The topological polar surface area (TPSA) is 49.9 Å². The van der Waals surface area contributed by atoms with Crippen LogP contribution in [0.4, 0.5) is 5.82 Å². The summed E-state index contributed by atoms with van der Waals surface area (Å²) < 4.78 is 11.7. The molecule has 2 aliphatic heterocycles. The molecule has 2 saturated heterocycles. The Morgan fingerprint density at radius 1 is 1.16 bits per heavy atom. The number of nitrogens with one attached hydrogen (secondary N) is 1. The maximum Gasteiger partial charge on any atom is 0.168 e. The highest BCUT2D eigenvalue weighted by atomic mass is 16.7. The van der Waals surface area contributed by atoms with Gasteiger partial charge >= 0.3 is 0 Å². The lowest BCUT2D eigenvalue weighted by Gasteiger charge is -2.36. The van der Waals surface area contributed by atoms with Gasteiger partial charge in [-0.05, 0) is 26.0 Å². The first-order chi connectivity index (χ1) is 12.2. The lowest BCUT2D eigenvalue weighted by atomic mass is 9.90. The van der Waals surface area contributed by atoms with E-state index in [1.807, 2.05) is 12.3 Å². The van der Waals surface area contributed by atoms with Crippen molar-refractivity contribution >= 4 is 5.82 Å². The number of hydrogen-bond donors (Lipinski definition) is 1. The fraction of sp³-hybridized carbons (Fsp3) is 0.737. The number of nitrogens with zero attached hydrogens (tertiary/aromatic N) is 3. The average Bonchev–Trinajstić information content (AvgIpc) is 3.11. The van der Waals surface area contributed by atoms with E-state index < -0.39 is 0 Å². The maximum absolute atomic E-state index is 5.83. The first-order valence-electron chi connectivity index (χ1n) is 9.63. The quantitative estimate of drug-likeness (QED) is 0.894. The van der Waals surface area contributed by atoms with Gasteiger partial charge in [0.15, 0.2) is 5.79 Å². The molecule has 3 heterocycles. The molecular weight excluding hydrogens is 316 g/mol. The van der Waals surface area contributed by atoms with Crippen LogP contribution in [0.5, 0.6) is 0 Å². The van der Waals surface area contributed by atoms with Gasteiger partial charge in [0.2, 0.25) is 0 Å². The number of hydrogen-bond acceptors (Lipinski definition) is 6. The Kier molecular flexibility index (Phi) is 5.22. The first-order valence-corrected chi connectivity index (χ1v) is 9.63. The Morgan fingerprint density at radius 3 is 2.60 bits per heavy atom. The van der Waals surface area contributed by atoms with Crippen LogP contribution in [0.2, 0.25) is 0 Å². The van der Waals surface area contributed by atoms with Gasteiger partial charge in [0, 0.05) is 63.4 Å². The van der Waals surface area contributed by atoms with Crippen molar-refractivity contribution in [2.45, 2.75) is 44.1 Å². The molecule has 0 unspecified atom stereocenters. The minimum Gasteiger partial charge on any atom is -0.354 e. The third-order valence-corrected chi connectivity index (χ3v) is 5.81. The normalized spacial score (nSPS) is 24.9. The van der Waals surface area contributed by atoms with Gasteiger partial charge in [-0.3, -0.25) is 0 Å². The van der Waals surface area contributed by atoms with Crippen molar-refractivity contribution in [1.82, 2.24) is 15.2 Å². The van der Waals surface area contributed by atoms with Gasteiger partial charge < -0.3 is 24.6 Å². The third kappa shape index (κ3) is 3.97. The summed E-state index contributed by atoms with van der Waals surface area (Å²) in [6.07, 6.45) is 6.15. The van der Waals surface area contributed by atoms with E-state index in [4.69, 9.17) is 9.47 Å². The maximum atomic E-state index is 5.83. The minimum atomic E-state index is -0.266. The van der Waals surface area contributed by atoms with Crippen LogP contribution in [0, 0.1) is 0 Å². The number of piperazine rings is 1. The fourth-order valence-corrected chi connectivity index (χ4v) is 4.17. The van der Waals surface area contributed by atoms with Crippen molar-refractivity contribution in [2.75, 3.05) is 51.3 Å². The third-order valence-electron chi connectivity index (χ3n) is 5.81. The Bertz CT molecular complexity index is 558. The van der Waals surface area contributed by atoms with Crippen molar-refractivity contribution in [3.8, 4) is 0 Å². The molecule has 1 spiro atoms. The summed E-state index contributed by atoms with van der Waals surface area (Å²) in [4.78, 5) is 9.48. The number of aromatic nitrogens is 1. The molecule has 1 N–H and O–H groups in total. The molecule has 0 atom stereocenters. The molecule has 1 aromatic heterocycles. The fourth-order valence-electron chi connectivity index (χ4n) is 4.17. The molecule has 6 heteroatoms. The van der Waals surface area contributed by atoms with Gasteiger partial charge in [0.05, 0.1) is 13.2 Å². The zero-order valence-electron chi connectivity index (χ0n) is 15.2. The molecule has 6 nitrogen and oxygen atoms in total. The SMILES string of the molecule is CN1CCN(c2ncccc2CNC2CCC3(CC2)OCCO3)CC1. The number of ether oxygens (including phenoxy) is 2. The standard InChI is InChI=1S/C19H30N4O2/c1-22-9-11-23(12-10-22)18-16(3-2-8-20-18)15-21-17-4-6-19(7-5-17)24-13-14-25-19/h2-3,8,17,21H,4-7,9-15H2,1H3. The van der Waals surface area contributed by atoms with Crippen molar-refractivity contribution in [1.29, 1.82) is 0 Å². The Morgan fingerprint density at radius 2 is 1.88 bits per heavy atom. The van der Waals surface area contributed by atoms with Crippen LogP contribution in [-0.2, 0) is 16.0 Å². The highest BCUT2D eigenvalue weighted by molar-refractivity contribution is 5.47. The van der Waals surface area contributed by atoms with Gasteiger partial charge in [-0.1, -0.05) is 6.07 Å². The van der Waals surface area contributed by atoms with Gasteiger partial charge in [-0.15, -0.1) is 0 Å². The number of pyridine rings is 1. The molecule has 25 heavy (non-hydrogen) atoms. The van der Waals surface area contributed by atoms with Crippen LogP contribution in [0.1, 0.15) is 31.2 Å². The highest BCUT2D eigenvalue weighted by Crippen LogP contribution is 2.35. The van der Waals surface area contributed by atoms with E-state index in [1.165, 1.54) is 5.56 Å². The molecular formula is C19H30N4O2. The predicted octanol–water partition coefficient (Wildman–Crippen LogP) is 1.61. The van der Waals surface area contributed by atoms with Gasteiger partial charge in [-0.2, -0.15) is 0 Å². The second-order valence-electron chi connectivity index (χ2n) is 7.54. The molecule has 1 saturated carbocycles. The molecule has 1 aromatic rings. The van der Waals surface area contributed by atoms with Crippen LogP contribution >= 0.6 is 0 Å². The molecule has 4 rings (SSSR count). The van der Waals surface area contributed by atoms with Gasteiger partial charge in [-0.25, -0.2) is 4.98 Å². The molecule has 138 valence electrons. The Balaban J connectivity index is 1.32. The number of likely N-dealkylation sites (N-methyl/N-ethyl adjacent to an activating group) is 1. The first kappa shape index (κ1) is 17.2. The van der Waals surface area contributed by atoms with Crippen molar-refractivity contribution in [3.05, 3.63) is 23.9 Å². The lowest BCUT2D eigenvalue weighted by Crippen LogP contribution is -2.45. The van der Waals surface area contributed by atoms with Gasteiger partial charge in [0.25, 0.3) is 0 Å². The van der Waals surface area contributed by atoms with Crippen molar-refractivity contribution < 1.29 is 9.47 Å². The van der Waals surface area contributed by atoms with E-state index >= 15 is 0 Å². The van der Waals surface area contributed by atoms with Gasteiger partial charge in [0.1, 0.15) is 5.82 Å². The van der Waals surface area contributed by atoms with E-state index in [-0.39, 0.29) is 5.79 Å². The zero-order chi connectivity index (χ0) is 17.1. The molecule has 3 fully saturated rings. The van der Waals surface area contributed by atoms with E-state index in [0.29, 0.717) is 6.04 Å². The smallest absolute Gasteiger partial charge is 0.168 e. The van der Waals surface area contributed by atoms with Crippen LogP contribution < -0.4 is 10.2 Å². The van der Waals surface area contributed by atoms with E-state index in [9.17, 15) is 0 Å². The Labute approximate surface area is 150 Å². The van der Waals surface area contributed by atoms with Crippen LogP contribution in [-0.4, -0.2) is 68.2 Å². The molecule has 3 aliphatic rings. The summed E-state index contributed by atoms with van der Waals surface area (Å²) in [5.41, 5.74) is 1.31. The van der Waals surface area contributed by atoms with E-state index in [0.717, 1.165) is 77.4 Å². The lowest BCUT2D eigenvalue weighted by molar-refractivity contribution is -0.179. The summed E-state index contributed by atoms with van der Waals surface area (Å²) in [6.45, 7) is 6.71. The summed E-state index contributed by atoms with van der Waals surface area (Å²) in [6, 6.07) is 4.80. The molecule has 0 radical (unpaired) electrons. The second kappa shape index (κ2) is 7.58. The summed E-state index contributed by atoms with van der Waals surface area (Å²) in [5.74, 6) is 0.884. The molecule has 0 aromatic carbocycles. The largest absolute Gasteiger partial charge is 0.354 e. The van der Waals surface area contributed by atoms with E-state index in [2.05, 4.69) is 33.2 Å². The number of rotatable bonds is 4. The van der Waals surface area contributed by atoms with Crippen LogP contribution in [0.3, 0.4) is 0 Å². The van der Waals surface area contributed by atoms with Crippen molar-refractivity contribution in [3.63, 3.8) is 0 Å². The van der Waals surface area contributed by atoms with Crippen LogP contribution in [0.15, 0.2) is 18.3 Å². The summed E-state index contributed by atoms with van der Waals surface area (Å²) in [5, 5.41) is 3.74. The molecule has 0 bridgehead atoms. The van der Waals surface area contributed by atoms with E-state index in [1.54, 1.807) is 0 Å². The monoisotopic (exact) mass is 346 g/mol. The predicted molar refractivity (Wildman–Crippen MR) is 97.7 cm³/mol. The minimum absolute atomic E-state index is 0.266. The molecule has 1 aliphatic carbocycles.